The fourth-order valence-electron chi connectivity index (χ4n) is 2.28. The highest BCUT2D eigenvalue weighted by Crippen LogP contribution is 2.27. The fraction of sp³-hybridized carbons (Fsp3) is 0.500. The maximum atomic E-state index is 13.8. The van der Waals surface area contributed by atoms with Crippen molar-refractivity contribution in [3.63, 3.8) is 0 Å². The summed E-state index contributed by atoms with van der Waals surface area (Å²) in [6.07, 6.45) is -0.679. The second-order valence-electron chi connectivity index (χ2n) is 4.89. The Bertz CT molecular complexity index is 588. The smallest absolute Gasteiger partial charge is 0.249 e. The quantitative estimate of drug-likeness (QED) is 0.837. The average molecular weight is 306 g/mol. The van der Waals surface area contributed by atoms with Gasteiger partial charge in [0, 0.05) is 18.8 Å². The van der Waals surface area contributed by atoms with E-state index >= 15 is 0 Å². The minimum Gasteiger partial charge on any atom is -0.399 e. The Kier molecular flexibility index (Phi) is 3.99. The number of hydrogen-bond donors (Lipinski definition) is 1. The lowest BCUT2D eigenvalue weighted by molar-refractivity contribution is -0.0441. The van der Waals surface area contributed by atoms with Gasteiger partial charge in [-0.3, -0.25) is 0 Å². The van der Waals surface area contributed by atoms with E-state index in [4.69, 9.17) is 10.5 Å². The molecule has 0 spiro atoms. The third-order valence-corrected chi connectivity index (χ3v) is 4.89. The summed E-state index contributed by atoms with van der Waals surface area (Å²) < 4.78 is 58.8. The number of hydrogen-bond acceptors (Lipinski definition) is 4. The molecule has 1 saturated heterocycles. The Morgan fingerprint density at radius 3 is 2.10 bits per heavy atom. The summed E-state index contributed by atoms with van der Waals surface area (Å²) in [6, 6.07) is 1.59. The second kappa shape index (κ2) is 5.27. The maximum Gasteiger partial charge on any atom is 0.249 e. The standard InChI is InChI=1S/C12H16F2N2O3S/c1-7-5-16(6-8(2)19-7)20(17,18)12-10(13)3-9(15)4-11(12)14/h3-4,7-8H,5-6,15H2,1-2H3. The summed E-state index contributed by atoms with van der Waals surface area (Å²) in [4.78, 5) is -0.965. The molecule has 2 N–H and O–H groups in total. The molecule has 0 bridgehead atoms. The highest BCUT2D eigenvalue weighted by atomic mass is 32.2. The lowest BCUT2D eigenvalue weighted by Crippen LogP contribution is -2.48. The summed E-state index contributed by atoms with van der Waals surface area (Å²) in [6.45, 7) is 3.51. The maximum absolute atomic E-state index is 13.8. The van der Waals surface area contributed by atoms with Gasteiger partial charge in [0.25, 0.3) is 0 Å². The Morgan fingerprint density at radius 1 is 1.20 bits per heavy atom. The van der Waals surface area contributed by atoms with Crippen molar-refractivity contribution in [2.24, 2.45) is 0 Å². The van der Waals surface area contributed by atoms with Gasteiger partial charge in [-0.25, -0.2) is 17.2 Å². The van der Waals surface area contributed by atoms with E-state index in [-0.39, 0.29) is 31.0 Å². The first kappa shape index (κ1) is 15.1. The molecule has 1 aliphatic heterocycles. The van der Waals surface area contributed by atoms with E-state index in [2.05, 4.69) is 0 Å². The highest BCUT2D eigenvalue weighted by molar-refractivity contribution is 7.89. The molecule has 1 aliphatic rings. The van der Waals surface area contributed by atoms with Gasteiger partial charge in [-0.15, -0.1) is 0 Å². The van der Waals surface area contributed by atoms with Gasteiger partial charge in [0.15, 0.2) is 4.90 Å². The van der Waals surface area contributed by atoms with Crippen LogP contribution in [0.4, 0.5) is 14.5 Å². The molecular weight excluding hydrogens is 290 g/mol. The van der Waals surface area contributed by atoms with Crippen molar-refractivity contribution >= 4 is 15.7 Å². The van der Waals surface area contributed by atoms with Crippen LogP contribution in [-0.4, -0.2) is 38.0 Å². The molecule has 2 rings (SSSR count). The number of anilines is 1. The van der Waals surface area contributed by atoms with Gasteiger partial charge in [-0.05, 0) is 26.0 Å². The first-order chi connectivity index (χ1) is 9.21. The van der Waals surface area contributed by atoms with Crippen LogP contribution in [0.15, 0.2) is 17.0 Å². The number of sulfonamides is 1. The van der Waals surface area contributed by atoms with E-state index in [1.807, 2.05) is 0 Å². The molecule has 1 fully saturated rings. The first-order valence-electron chi connectivity index (χ1n) is 6.12. The van der Waals surface area contributed by atoms with Gasteiger partial charge in [0.05, 0.1) is 12.2 Å². The summed E-state index contributed by atoms with van der Waals surface area (Å²) in [5, 5.41) is 0. The number of morpholine rings is 1. The van der Waals surface area contributed by atoms with Crippen LogP contribution in [0.25, 0.3) is 0 Å². The Morgan fingerprint density at radius 2 is 1.65 bits per heavy atom. The van der Waals surface area contributed by atoms with E-state index < -0.39 is 26.6 Å². The molecule has 0 radical (unpaired) electrons. The van der Waals surface area contributed by atoms with Crippen molar-refractivity contribution in [1.82, 2.24) is 4.31 Å². The summed E-state index contributed by atoms with van der Waals surface area (Å²) >= 11 is 0. The molecule has 112 valence electrons. The average Bonchev–Trinajstić information content (AvgIpc) is 2.25. The predicted molar refractivity (Wildman–Crippen MR) is 69.5 cm³/mol. The van der Waals surface area contributed by atoms with Gasteiger partial charge in [-0.2, -0.15) is 4.31 Å². The number of rotatable bonds is 2. The Balaban J connectivity index is 2.45. The van der Waals surface area contributed by atoms with Crippen LogP contribution in [0, 0.1) is 11.6 Å². The van der Waals surface area contributed by atoms with Crippen LogP contribution in [0.1, 0.15) is 13.8 Å². The normalized spacial score (nSPS) is 24.8. The largest absolute Gasteiger partial charge is 0.399 e. The van der Waals surface area contributed by atoms with E-state index in [9.17, 15) is 17.2 Å². The van der Waals surface area contributed by atoms with E-state index in [1.54, 1.807) is 13.8 Å². The van der Waals surface area contributed by atoms with Gasteiger partial charge < -0.3 is 10.5 Å². The fourth-order valence-corrected chi connectivity index (χ4v) is 3.96. The topological polar surface area (TPSA) is 72.6 Å². The minimum atomic E-state index is -4.26. The molecule has 0 aromatic heterocycles. The Hall–Kier alpha value is -1.25. The van der Waals surface area contributed by atoms with Crippen molar-refractivity contribution in [2.45, 2.75) is 31.0 Å². The summed E-state index contributed by atoms with van der Waals surface area (Å²) in [7, 11) is -4.26. The number of benzene rings is 1. The molecule has 1 aromatic rings. The van der Waals surface area contributed by atoms with Gasteiger partial charge >= 0.3 is 0 Å². The number of nitrogens with zero attached hydrogens (tertiary/aromatic N) is 1. The van der Waals surface area contributed by atoms with Crippen LogP contribution < -0.4 is 5.73 Å². The lowest BCUT2D eigenvalue weighted by Gasteiger charge is -2.34. The monoisotopic (exact) mass is 306 g/mol. The molecule has 2 atom stereocenters. The molecule has 20 heavy (non-hydrogen) atoms. The Labute approximate surface area is 116 Å². The molecule has 1 heterocycles. The van der Waals surface area contributed by atoms with E-state index in [0.717, 1.165) is 16.4 Å². The van der Waals surface area contributed by atoms with Crippen LogP contribution in [0.5, 0.6) is 0 Å². The second-order valence-corrected chi connectivity index (χ2v) is 6.77. The number of nitrogens with two attached hydrogens (primary N) is 1. The van der Waals surface area contributed by atoms with Crippen LogP contribution in [0.3, 0.4) is 0 Å². The summed E-state index contributed by atoms with van der Waals surface area (Å²) in [5.41, 5.74) is 5.12. The van der Waals surface area contributed by atoms with Gasteiger partial charge in [-0.1, -0.05) is 0 Å². The molecule has 1 aromatic carbocycles. The third-order valence-electron chi connectivity index (χ3n) is 3.00. The number of nitrogen functional groups attached to an aromatic ring is 1. The zero-order chi connectivity index (χ0) is 15.1. The van der Waals surface area contributed by atoms with Crippen LogP contribution >= 0.6 is 0 Å². The van der Waals surface area contributed by atoms with E-state index in [1.165, 1.54) is 0 Å². The molecule has 8 heteroatoms. The summed E-state index contributed by atoms with van der Waals surface area (Å²) in [5.74, 6) is -2.37. The number of halogens is 2. The number of ether oxygens (including phenoxy) is 1. The van der Waals surface area contributed by atoms with Crippen LogP contribution in [-0.2, 0) is 14.8 Å². The first-order valence-corrected chi connectivity index (χ1v) is 7.56. The highest BCUT2D eigenvalue weighted by Gasteiger charge is 2.35. The molecular formula is C12H16F2N2O3S. The van der Waals surface area contributed by atoms with Crippen LogP contribution in [0.2, 0.25) is 0 Å². The van der Waals surface area contributed by atoms with E-state index in [0.29, 0.717) is 0 Å². The van der Waals surface area contributed by atoms with Crippen molar-refractivity contribution in [2.75, 3.05) is 18.8 Å². The molecule has 0 aliphatic carbocycles. The SMILES string of the molecule is CC1CN(S(=O)(=O)c2c(F)cc(N)cc2F)CC(C)O1. The van der Waals surface area contributed by atoms with Crippen molar-refractivity contribution in [3.8, 4) is 0 Å². The molecule has 5 nitrogen and oxygen atoms in total. The van der Waals surface area contributed by atoms with Crippen molar-refractivity contribution < 1.29 is 21.9 Å². The predicted octanol–water partition coefficient (Wildman–Crippen LogP) is 1.34. The van der Waals surface area contributed by atoms with Crippen molar-refractivity contribution in [3.05, 3.63) is 23.8 Å². The lowest BCUT2D eigenvalue weighted by atomic mass is 10.3. The van der Waals surface area contributed by atoms with Crippen molar-refractivity contribution in [1.29, 1.82) is 0 Å². The zero-order valence-corrected chi connectivity index (χ0v) is 12.0. The molecule has 0 saturated carbocycles. The molecule has 2 unspecified atom stereocenters. The zero-order valence-electron chi connectivity index (χ0n) is 11.1. The molecule has 0 amide bonds. The minimum absolute atomic E-state index is 0.0515. The van der Waals surface area contributed by atoms with Gasteiger partial charge in [0.2, 0.25) is 10.0 Å². The van der Waals surface area contributed by atoms with Gasteiger partial charge in [0.1, 0.15) is 11.6 Å². The third kappa shape index (κ3) is 2.77.